The molecule has 1 aliphatic carbocycles. The van der Waals surface area contributed by atoms with E-state index in [0.29, 0.717) is 29.9 Å². The molecule has 3 heterocycles. The zero-order valence-electron chi connectivity index (χ0n) is 27.8. The molecule has 0 amide bonds. The summed E-state index contributed by atoms with van der Waals surface area (Å²) in [5.74, 6) is 2.48. The SMILES string of the molecule is Cc1ccc2c(c1)c1cccnc1n2-c1[c-]c(Oc2[c-]c(C3=N[C@H](C4CCCC4)CO3)cc(-c3ccccc3)c2)cc(C(C)(C)C)c1.[Pt+2]. The van der Waals surface area contributed by atoms with Gasteiger partial charge >= 0.3 is 21.1 Å². The smallest absolute Gasteiger partial charge is 0.518 e. The van der Waals surface area contributed by atoms with Gasteiger partial charge in [0.25, 0.3) is 0 Å². The fourth-order valence-corrected chi connectivity index (χ4v) is 7.09. The Kier molecular flexibility index (Phi) is 8.76. The molecule has 1 saturated carbocycles. The third kappa shape index (κ3) is 6.21. The zero-order valence-corrected chi connectivity index (χ0v) is 30.1. The monoisotopic (exact) mass is 812 g/mol. The van der Waals surface area contributed by atoms with Crippen molar-refractivity contribution in [1.82, 2.24) is 9.55 Å². The van der Waals surface area contributed by atoms with Crippen molar-refractivity contribution >= 4 is 27.8 Å². The molecule has 0 unspecified atom stereocenters. The maximum atomic E-state index is 6.73. The standard InChI is InChI=1S/C42H39N3O2.Pt/c1-27-16-17-39-37(19-27)36-15-10-18-43-40(36)45(39)33-23-32(42(2,3)4)24-35(25-33)47-34-21-30(28-11-6-5-7-12-28)20-31(22-34)41-44-38(26-46-41)29-13-8-9-14-29;/h5-7,10-12,15-21,23-24,29,38H,8-9,13-14,26H2,1-4H3;/q-2;+2/t38-;/m0./s1. The molecule has 48 heavy (non-hydrogen) atoms. The first kappa shape index (κ1) is 32.3. The maximum absolute atomic E-state index is 6.73. The number of fused-ring (bicyclic) bond motifs is 3. The molecule has 244 valence electrons. The summed E-state index contributed by atoms with van der Waals surface area (Å²) in [7, 11) is 0. The van der Waals surface area contributed by atoms with Crippen LogP contribution >= 0.6 is 0 Å². The first-order valence-corrected chi connectivity index (χ1v) is 16.8. The molecule has 0 saturated heterocycles. The summed E-state index contributed by atoms with van der Waals surface area (Å²) in [6.07, 6.45) is 6.89. The van der Waals surface area contributed by atoms with Gasteiger partial charge in [-0.3, -0.25) is 4.99 Å². The number of rotatable bonds is 6. The Morgan fingerprint density at radius 2 is 1.62 bits per heavy atom. The van der Waals surface area contributed by atoms with Crippen molar-refractivity contribution in [2.45, 2.75) is 64.8 Å². The second-order valence-corrected chi connectivity index (χ2v) is 14.1. The summed E-state index contributed by atoms with van der Waals surface area (Å²) in [6, 6.07) is 36.9. The zero-order chi connectivity index (χ0) is 32.1. The van der Waals surface area contributed by atoms with Gasteiger partial charge in [0.2, 0.25) is 0 Å². The molecule has 8 rings (SSSR count). The van der Waals surface area contributed by atoms with Gasteiger partial charge in [-0.25, -0.2) is 4.98 Å². The Balaban J connectivity index is 0.00000364. The van der Waals surface area contributed by atoms with E-state index < -0.39 is 0 Å². The van der Waals surface area contributed by atoms with E-state index in [-0.39, 0.29) is 32.5 Å². The van der Waals surface area contributed by atoms with Crippen LogP contribution in [0.1, 0.15) is 63.1 Å². The summed E-state index contributed by atoms with van der Waals surface area (Å²) in [4.78, 5) is 9.91. The largest absolute Gasteiger partial charge is 2.00 e. The molecule has 1 aliphatic heterocycles. The second-order valence-electron chi connectivity index (χ2n) is 14.1. The molecule has 0 radical (unpaired) electrons. The van der Waals surface area contributed by atoms with Crippen LogP contribution in [-0.2, 0) is 31.2 Å². The van der Waals surface area contributed by atoms with E-state index >= 15 is 0 Å². The molecule has 1 atom stereocenters. The number of benzene rings is 4. The van der Waals surface area contributed by atoms with Crippen LogP contribution in [0.5, 0.6) is 11.5 Å². The Morgan fingerprint density at radius 3 is 2.42 bits per heavy atom. The molecular weight excluding hydrogens is 774 g/mol. The molecule has 0 spiro atoms. The van der Waals surface area contributed by atoms with Crippen LogP contribution in [0.2, 0.25) is 0 Å². The van der Waals surface area contributed by atoms with Crippen molar-refractivity contribution in [3.8, 4) is 28.3 Å². The van der Waals surface area contributed by atoms with Crippen molar-refractivity contribution in [1.29, 1.82) is 0 Å². The molecule has 0 bridgehead atoms. The predicted octanol–water partition coefficient (Wildman–Crippen LogP) is 10.2. The topological polar surface area (TPSA) is 48.6 Å². The second kappa shape index (κ2) is 13.0. The summed E-state index contributed by atoms with van der Waals surface area (Å²) in [6.45, 7) is 9.43. The molecule has 6 heteroatoms. The average Bonchev–Trinajstić information content (AvgIpc) is 3.84. The Labute approximate surface area is 297 Å². The quantitative estimate of drug-likeness (QED) is 0.158. The van der Waals surface area contributed by atoms with Crippen LogP contribution in [0.4, 0.5) is 0 Å². The number of hydrogen-bond donors (Lipinski definition) is 0. The number of ether oxygens (including phenoxy) is 2. The van der Waals surface area contributed by atoms with Gasteiger partial charge in [-0.05, 0) is 60.9 Å². The summed E-state index contributed by atoms with van der Waals surface area (Å²) < 4.78 is 15.2. The minimum absolute atomic E-state index is 0. The van der Waals surface area contributed by atoms with Crippen LogP contribution in [0.3, 0.4) is 0 Å². The first-order chi connectivity index (χ1) is 22.8. The fourth-order valence-electron chi connectivity index (χ4n) is 7.09. The fraction of sp³-hybridized carbons (Fsp3) is 0.286. The van der Waals surface area contributed by atoms with Gasteiger partial charge in [-0.15, -0.1) is 29.8 Å². The van der Waals surface area contributed by atoms with Crippen LogP contribution < -0.4 is 4.74 Å². The van der Waals surface area contributed by atoms with Crippen LogP contribution in [0.15, 0.2) is 96.1 Å². The summed E-state index contributed by atoms with van der Waals surface area (Å²) in [5, 5.41) is 2.29. The van der Waals surface area contributed by atoms with E-state index in [9.17, 15) is 0 Å². The first-order valence-electron chi connectivity index (χ1n) is 16.8. The van der Waals surface area contributed by atoms with Gasteiger partial charge in [0.05, 0.1) is 18.2 Å². The molecule has 4 aromatic carbocycles. The molecule has 0 N–H and O–H groups in total. The number of nitrogens with zero attached hydrogens (tertiary/aromatic N) is 3. The van der Waals surface area contributed by atoms with Crippen LogP contribution in [-0.4, -0.2) is 28.1 Å². The maximum Gasteiger partial charge on any atom is 2.00 e. The van der Waals surface area contributed by atoms with Crippen molar-refractivity contribution in [2.24, 2.45) is 10.9 Å². The van der Waals surface area contributed by atoms with Gasteiger partial charge < -0.3 is 14.0 Å². The predicted molar refractivity (Wildman–Crippen MR) is 190 cm³/mol. The van der Waals surface area contributed by atoms with Gasteiger partial charge in [-0.2, -0.15) is 0 Å². The van der Waals surface area contributed by atoms with Crippen molar-refractivity contribution < 1.29 is 30.5 Å². The molecule has 2 aliphatic rings. The normalized spacial score (nSPS) is 16.6. The van der Waals surface area contributed by atoms with Crippen molar-refractivity contribution in [3.05, 3.63) is 120 Å². The Morgan fingerprint density at radius 1 is 0.833 bits per heavy atom. The summed E-state index contributed by atoms with van der Waals surface area (Å²) in [5.41, 5.74) is 8.03. The summed E-state index contributed by atoms with van der Waals surface area (Å²) >= 11 is 0. The molecule has 1 fully saturated rings. The third-order valence-corrected chi connectivity index (χ3v) is 9.64. The molecule has 5 nitrogen and oxygen atoms in total. The average molecular weight is 813 g/mol. The van der Waals surface area contributed by atoms with E-state index in [0.717, 1.165) is 44.5 Å². The number of pyridine rings is 1. The van der Waals surface area contributed by atoms with Crippen LogP contribution in [0.25, 0.3) is 38.8 Å². The number of aliphatic imine (C=N–C) groups is 1. The number of aryl methyl sites for hydroxylation is 1. The van der Waals surface area contributed by atoms with Gasteiger partial charge in [0.15, 0.2) is 0 Å². The number of aromatic nitrogens is 2. The molecule has 2 aromatic heterocycles. The number of hydrogen-bond acceptors (Lipinski definition) is 4. The molecule has 6 aromatic rings. The third-order valence-electron chi connectivity index (χ3n) is 9.64. The van der Waals surface area contributed by atoms with Crippen molar-refractivity contribution in [2.75, 3.05) is 6.61 Å². The van der Waals surface area contributed by atoms with E-state index in [1.54, 1.807) is 0 Å². The van der Waals surface area contributed by atoms with E-state index in [1.807, 2.05) is 24.4 Å². The van der Waals surface area contributed by atoms with Crippen LogP contribution in [0, 0.1) is 25.0 Å². The van der Waals surface area contributed by atoms with Gasteiger partial charge in [0, 0.05) is 28.5 Å². The van der Waals surface area contributed by atoms with E-state index in [4.69, 9.17) is 19.5 Å². The molecular formula is C42H39N3O2Pt. The minimum atomic E-state index is -0.132. The van der Waals surface area contributed by atoms with E-state index in [1.165, 1.54) is 36.6 Å². The Hall–Kier alpha value is -4.21. The van der Waals surface area contributed by atoms with Gasteiger partial charge in [-0.1, -0.05) is 105 Å². The van der Waals surface area contributed by atoms with Crippen molar-refractivity contribution in [3.63, 3.8) is 0 Å². The van der Waals surface area contributed by atoms with Gasteiger partial charge in [0.1, 0.15) is 11.5 Å². The minimum Gasteiger partial charge on any atom is -0.518 e. The Bertz CT molecular complexity index is 2140. The van der Waals surface area contributed by atoms with E-state index in [2.05, 4.69) is 111 Å².